The first-order valence-corrected chi connectivity index (χ1v) is 5.30. The highest BCUT2D eigenvalue weighted by atomic mass is 16.7. The second kappa shape index (κ2) is 5.16. The van der Waals surface area contributed by atoms with Crippen molar-refractivity contribution in [1.82, 2.24) is 0 Å². The summed E-state index contributed by atoms with van der Waals surface area (Å²) in [6.07, 6.45) is -3.49. The molecule has 0 bridgehead atoms. The molecule has 0 aliphatic carbocycles. The maximum Gasteiger partial charge on any atom is 0.338 e. The largest absolute Gasteiger partial charge is 0.479 e. The molecule has 96 valence electrons. The zero-order valence-electron chi connectivity index (χ0n) is 9.61. The van der Waals surface area contributed by atoms with Gasteiger partial charge in [0.1, 0.15) is 0 Å². The highest BCUT2D eigenvalue weighted by Gasteiger charge is 2.46. The summed E-state index contributed by atoms with van der Waals surface area (Å²) < 4.78 is 15.0. The minimum Gasteiger partial charge on any atom is -0.479 e. The number of hydrogen-bond acceptors (Lipinski definition) is 5. The van der Waals surface area contributed by atoms with E-state index in [0.717, 1.165) is 0 Å². The standard InChI is InChI=1S/C12H12O6/c1-16-11(15)9-8(10(13)14)17-12(18-9)7-5-3-2-4-6-7/h2-6,8-9,12H,1H3,(H,13,14)/t8-,9-,12?/m1/s1. The molecule has 1 aromatic rings. The predicted octanol–water partition coefficient (Wildman–Crippen LogP) is 0.727. The van der Waals surface area contributed by atoms with E-state index in [1.165, 1.54) is 7.11 Å². The van der Waals surface area contributed by atoms with Crippen molar-refractivity contribution >= 4 is 11.9 Å². The normalized spacial score (nSPS) is 26.8. The number of carboxylic acid groups (broad SMARTS) is 1. The molecule has 1 aliphatic rings. The SMILES string of the molecule is COC(=O)[C@@H]1OC(c2ccccc2)O[C@H]1C(=O)O. The van der Waals surface area contributed by atoms with Gasteiger partial charge in [-0.05, 0) is 0 Å². The van der Waals surface area contributed by atoms with Crippen LogP contribution in [0, 0.1) is 0 Å². The van der Waals surface area contributed by atoms with Crippen molar-refractivity contribution < 1.29 is 28.9 Å². The Morgan fingerprint density at radius 1 is 1.17 bits per heavy atom. The van der Waals surface area contributed by atoms with Gasteiger partial charge in [0.2, 0.25) is 0 Å². The van der Waals surface area contributed by atoms with Gasteiger partial charge >= 0.3 is 11.9 Å². The van der Waals surface area contributed by atoms with E-state index in [1.54, 1.807) is 24.3 Å². The van der Waals surface area contributed by atoms with E-state index in [4.69, 9.17) is 14.6 Å². The summed E-state index contributed by atoms with van der Waals surface area (Å²) in [5, 5.41) is 8.98. The Bertz CT molecular complexity index is 443. The Kier molecular flexibility index (Phi) is 3.59. The molecule has 1 aromatic carbocycles. The maximum absolute atomic E-state index is 11.4. The predicted molar refractivity (Wildman–Crippen MR) is 58.6 cm³/mol. The van der Waals surface area contributed by atoms with Crippen molar-refractivity contribution in [3.63, 3.8) is 0 Å². The van der Waals surface area contributed by atoms with E-state index in [1.807, 2.05) is 6.07 Å². The lowest BCUT2D eigenvalue weighted by Gasteiger charge is -2.09. The Labute approximate surface area is 103 Å². The van der Waals surface area contributed by atoms with Crippen LogP contribution in [0.25, 0.3) is 0 Å². The fraction of sp³-hybridized carbons (Fsp3) is 0.333. The number of methoxy groups -OCH3 is 1. The topological polar surface area (TPSA) is 82.1 Å². The first kappa shape index (κ1) is 12.5. The summed E-state index contributed by atoms with van der Waals surface area (Å²) in [4.78, 5) is 22.4. The lowest BCUT2D eigenvalue weighted by Crippen LogP contribution is -2.37. The highest BCUT2D eigenvalue weighted by Crippen LogP contribution is 2.31. The van der Waals surface area contributed by atoms with Crippen LogP contribution in [0.15, 0.2) is 30.3 Å². The maximum atomic E-state index is 11.4. The number of benzene rings is 1. The molecule has 1 aliphatic heterocycles. The highest BCUT2D eigenvalue weighted by molar-refractivity contribution is 5.85. The van der Waals surface area contributed by atoms with Crippen LogP contribution in [-0.2, 0) is 23.8 Å². The van der Waals surface area contributed by atoms with Crippen molar-refractivity contribution in [2.24, 2.45) is 0 Å². The van der Waals surface area contributed by atoms with Crippen LogP contribution < -0.4 is 0 Å². The Hall–Kier alpha value is -1.92. The molecule has 3 atom stereocenters. The molecular weight excluding hydrogens is 240 g/mol. The molecular formula is C12H12O6. The van der Waals surface area contributed by atoms with E-state index >= 15 is 0 Å². The van der Waals surface area contributed by atoms with Crippen LogP contribution in [0.4, 0.5) is 0 Å². The van der Waals surface area contributed by atoms with Gasteiger partial charge in [-0.3, -0.25) is 0 Å². The van der Waals surface area contributed by atoms with Crippen molar-refractivity contribution in [3.8, 4) is 0 Å². The molecule has 0 spiro atoms. The third kappa shape index (κ3) is 2.34. The molecule has 1 heterocycles. The number of esters is 1. The van der Waals surface area contributed by atoms with E-state index in [0.29, 0.717) is 5.56 Å². The second-order valence-corrected chi connectivity index (χ2v) is 3.72. The number of hydrogen-bond donors (Lipinski definition) is 1. The quantitative estimate of drug-likeness (QED) is 0.798. The van der Waals surface area contributed by atoms with Crippen molar-refractivity contribution in [2.75, 3.05) is 7.11 Å². The average molecular weight is 252 g/mol. The molecule has 6 nitrogen and oxygen atoms in total. The van der Waals surface area contributed by atoms with E-state index < -0.39 is 30.4 Å². The monoisotopic (exact) mass is 252 g/mol. The Morgan fingerprint density at radius 2 is 1.78 bits per heavy atom. The van der Waals surface area contributed by atoms with Gasteiger partial charge in [0.25, 0.3) is 0 Å². The third-order valence-corrected chi connectivity index (χ3v) is 2.56. The molecule has 1 unspecified atom stereocenters. The van der Waals surface area contributed by atoms with Gasteiger partial charge in [0, 0.05) is 5.56 Å². The number of aliphatic carboxylic acids is 1. The third-order valence-electron chi connectivity index (χ3n) is 2.56. The molecule has 1 N–H and O–H groups in total. The summed E-state index contributed by atoms with van der Waals surface area (Å²) in [5.74, 6) is -2.02. The minimum atomic E-state index is -1.36. The first-order chi connectivity index (χ1) is 8.63. The molecule has 1 fully saturated rings. The van der Waals surface area contributed by atoms with Crippen LogP contribution in [-0.4, -0.2) is 36.4 Å². The lowest BCUT2D eigenvalue weighted by molar-refractivity contribution is -0.158. The molecule has 6 heteroatoms. The van der Waals surface area contributed by atoms with E-state index in [2.05, 4.69) is 4.74 Å². The zero-order chi connectivity index (χ0) is 13.1. The number of rotatable bonds is 3. The Morgan fingerprint density at radius 3 is 2.33 bits per heavy atom. The molecule has 2 rings (SSSR count). The number of carbonyl (C=O) groups excluding carboxylic acids is 1. The minimum absolute atomic E-state index is 0.648. The van der Waals surface area contributed by atoms with Crippen LogP contribution in [0.2, 0.25) is 0 Å². The summed E-state index contributed by atoms with van der Waals surface area (Å²) in [6.45, 7) is 0. The van der Waals surface area contributed by atoms with Crippen molar-refractivity contribution in [1.29, 1.82) is 0 Å². The number of ether oxygens (including phenoxy) is 3. The van der Waals surface area contributed by atoms with E-state index in [-0.39, 0.29) is 0 Å². The molecule has 1 saturated heterocycles. The molecule has 18 heavy (non-hydrogen) atoms. The van der Waals surface area contributed by atoms with Gasteiger partial charge in [-0.2, -0.15) is 0 Å². The van der Waals surface area contributed by atoms with Gasteiger partial charge in [0.15, 0.2) is 18.5 Å². The molecule has 0 amide bonds. The molecule has 0 radical (unpaired) electrons. The van der Waals surface area contributed by atoms with Crippen LogP contribution >= 0.6 is 0 Å². The second-order valence-electron chi connectivity index (χ2n) is 3.72. The average Bonchev–Trinajstić information content (AvgIpc) is 2.84. The van der Waals surface area contributed by atoms with Gasteiger partial charge in [-0.25, -0.2) is 9.59 Å². The van der Waals surface area contributed by atoms with Crippen LogP contribution in [0.5, 0.6) is 0 Å². The Balaban J connectivity index is 2.19. The summed E-state index contributed by atoms with van der Waals surface area (Å²) in [5.41, 5.74) is 0.648. The number of carboxylic acids is 1. The van der Waals surface area contributed by atoms with Crippen LogP contribution in [0.3, 0.4) is 0 Å². The smallest absolute Gasteiger partial charge is 0.338 e. The fourth-order valence-corrected chi connectivity index (χ4v) is 1.69. The molecule has 0 saturated carbocycles. The number of carbonyl (C=O) groups is 2. The fourth-order valence-electron chi connectivity index (χ4n) is 1.69. The van der Waals surface area contributed by atoms with Gasteiger partial charge in [0.05, 0.1) is 7.11 Å². The first-order valence-electron chi connectivity index (χ1n) is 5.30. The lowest BCUT2D eigenvalue weighted by atomic mass is 10.2. The summed E-state index contributed by atoms with van der Waals surface area (Å²) in [7, 11) is 1.17. The summed E-state index contributed by atoms with van der Waals surface area (Å²) in [6, 6.07) is 8.80. The van der Waals surface area contributed by atoms with Crippen molar-refractivity contribution in [2.45, 2.75) is 18.5 Å². The van der Waals surface area contributed by atoms with Crippen molar-refractivity contribution in [3.05, 3.63) is 35.9 Å². The zero-order valence-corrected chi connectivity index (χ0v) is 9.61. The van der Waals surface area contributed by atoms with E-state index in [9.17, 15) is 9.59 Å². The van der Waals surface area contributed by atoms with Crippen LogP contribution in [0.1, 0.15) is 11.9 Å². The van der Waals surface area contributed by atoms with Gasteiger partial charge in [-0.1, -0.05) is 30.3 Å². The molecule has 0 aromatic heterocycles. The van der Waals surface area contributed by atoms with Gasteiger partial charge in [-0.15, -0.1) is 0 Å². The van der Waals surface area contributed by atoms with Gasteiger partial charge < -0.3 is 19.3 Å². The summed E-state index contributed by atoms with van der Waals surface area (Å²) >= 11 is 0.